The summed E-state index contributed by atoms with van der Waals surface area (Å²) in [7, 11) is 5.16. The average molecular weight is 542 g/mol. The van der Waals surface area contributed by atoms with Gasteiger partial charge in [0, 0.05) is 19.7 Å². The second-order valence-corrected chi connectivity index (χ2v) is 11.7. The van der Waals surface area contributed by atoms with E-state index in [9.17, 15) is 0 Å². The van der Waals surface area contributed by atoms with Gasteiger partial charge < -0.3 is 0 Å². The molecule has 3 nitrogen and oxygen atoms in total. The summed E-state index contributed by atoms with van der Waals surface area (Å²) in [5.41, 5.74) is 7.97. The number of nitrogens with one attached hydrogen (secondary N) is 1. The third-order valence-corrected chi connectivity index (χ3v) is 4.25. The van der Waals surface area contributed by atoms with E-state index in [2.05, 4.69) is 91.9 Å². The van der Waals surface area contributed by atoms with Gasteiger partial charge in [-0.2, -0.15) is 0 Å². The van der Waals surface area contributed by atoms with Gasteiger partial charge in [-0.05, 0) is 23.0 Å². The predicted octanol–water partition coefficient (Wildman–Crippen LogP) is 6.77. The van der Waals surface area contributed by atoms with Crippen LogP contribution in [-0.4, -0.2) is 24.9 Å². The van der Waals surface area contributed by atoms with E-state index in [4.69, 9.17) is 4.99 Å². The zero-order valence-electron chi connectivity index (χ0n) is 16.7. The van der Waals surface area contributed by atoms with Gasteiger partial charge in [-0.1, -0.05) is 76.2 Å². The second-order valence-electron chi connectivity index (χ2n) is 6.72. The zero-order chi connectivity index (χ0) is 20.4. The van der Waals surface area contributed by atoms with Crippen LogP contribution in [0.2, 0.25) is 0 Å². The molecular formula is C21H29Br2N3Ni-. The Morgan fingerprint density at radius 2 is 1.41 bits per heavy atom. The van der Waals surface area contributed by atoms with E-state index >= 15 is 0 Å². The topological polar surface area (TPSA) is 27.6 Å². The first-order valence-corrected chi connectivity index (χ1v) is 13.8. The Labute approximate surface area is 184 Å². The molecule has 0 bridgehead atoms. The molecule has 0 aliphatic heterocycles. The molecule has 0 spiro atoms. The first-order chi connectivity index (χ1) is 12.9. The molecule has 0 fully saturated rings. The van der Waals surface area contributed by atoms with E-state index in [0.717, 1.165) is 17.1 Å². The predicted molar refractivity (Wildman–Crippen MR) is 122 cm³/mol. The fourth-order valence-corrected chi connectivity index (χ4v) is 2.77. The maximum atomic E-state index is 5.12. The van der Waals surface area contributed by atoms with Crippen molar-refractivity contribution in [2.45, 2.75) is 39.5 Å². The summed E-state index contributed by atoms with van der Waals surface area (Å²) in [6, 6.07) is 16.8. The van der Waals surface area contributed by atoms with Crippen molar-refractivity contribution in [2.75, 3.05) is 14.1 Å². The molecule has 0 aliphatic carbocycles. The van der Waals surface area contributed by atoms with Gasteiger partial charge in [0.15, 0.2) is 0 Å². The molecule has 27 heavy (non-hydrogen) atoms. The van der Waals surface area contributed by atoms with Crippen molar-refractivity contribution < 1.29 is 10.9 Å². The van der Waals surface area contributed by atoms with Crippen LogP contribution in [0.4, 0.5) is 5.69 Å². The average Bonchev–Trinajstić information content (AvgIpc) is 2.66. The number of hydrazine groups is 1. The van der Waals surface area contributed by atoms with E-state index in [1.165, 1.54) is 22.0 Å². The molecule has 0 radical (unpaired) electrons. The SMILES string of the molecule is CNN(C)C(=Nc1c(C(C)C)cccc1C(C)C)c1ccccc1.[Br][Ni-][Br]. The van der Waals surface area contributed by atoms with Crippen molar-refractivity contribution in [3.63, 3.8) is 0 Å². The number of amidine groups is 1. The summed E-state index contributed by atoms with van der Waals surface area (Å²) in [4.78, 5) is 5.12. The standard InChI is InChI=1S/C21H29N3.2BrH.Ni/c1-15(2)18-13-10-14-19(16(3)4)20(18)23-21(24(6)22-5)17-11-8-7-9-12-17;;;/h7-16,22H,1-6H3;2*1H;/q;;;+1/p-2. The van der Waals surface area contributed by atoms with Crippen molar-refractivity contribution in [3.8, 4) is 0 Å². The quantitative estimate of drug-likeness (QED) is 0.196. The van der Waals surface area contributed by atoms with Crippen molar-refractivity contribution in [1.29, 1.82) is 0 Å². The Balaban J connectivity index is 0.00000114. The molecule has 1 N–H and O–H groups in total. The number of hydrogen-bond acceptors (Lipinski definition) is 2. The molecule has 0 unspecified atom stereocenters. The van der Waals surface area contributed by atoms with Crippen LogP contribution in [0.3, 0.4) is 0 Å². The molecule has 0 saturated carbocycles. The van der Waals surface area contributed by atoms with Gasteiger partial charge in [0.25, 0.3) is 0 Å². The number of halogens is 2. The first-order valence-electron chi connectivity index (χ1n) is 8.87. The molecule has 2 aromatic rings. The number of para-hydroxylation sites is 1. The number of hydrogen-bond donors (Lipinski definition) is 1. The van der Waals surface area contributed by atoms with Crippen LogP contribution in [0, 0.1) is 0 Å². The number of benzene rings is 2. The van der Waals surface area contributed by atoms with Crippen LogP contribution in [0.15, 0.2) is 53.5 Å². The van der Waals surface area contributed by atoms with Crippen LogP contribution >= 0.6 is 28.5 Å². The zero-order valence-corrected chi connectivity index (χ0v) is 20.9. The van der Waals surface area contributed by atoms with Crippen molar-refractivity contribution >= 4 is 40.0 Å². The number of rotatable bonds is 5. The molecular weight excluding hydrogens is 513 g/mol. The van der Waals surface area contributed by atoms with Crippen LogP contribution in [0.5, 0.6) is 0 Å². The van der Waals surface area contributed by atoms with Gasteiger partial charge in [-0.3, -0.25) is 5.01 Å². The number of nitrogens with zero attached hydrogens (tertiary/aromatic N) is 2. The van der Waals surface area contributed by atoms with E-state index in [1.54, 1.807) is 0 Å². The molecule has 2 aromatic carbocycles. The monoisotopic (exact) mass is 539 g/mol. The van der Waals surface area contributed by atoms with E-state index in [1.807, 2.05) is 37.3 Å². The number of aliphatic imine (C=N–C) groups is 1. The van der Waals surface area contributed by atoms with E-state index in [-0.39, 0.29) is 0 Å². The molecule has 2 rings (SSSR count). The third-order valence-electron chi connectivity index (χ3n) is 4.25. The maximum absolute atomic E-state index is 5.12. The van der Waals surface area contributed by atoms with Gasteiger partial charge >= 0.3 is 39.3 Å². The summed E-state index contributed by atoms with van der Waals surface area (Å²) < 4.78 is 0. The summed E-state index contributed by atoms with van der Waals surface area (Å²) in [6.45, 7) is 8.90. The van der Waals surface area contributed by atoms with Crippen LogP contribution in [0.25, 0.3) is 0 Å². The summed E-state index contributed by atoms with van der Waals surface area (Å²) in [5.74, 6) is 1.78. The fraction of sp³-hybridized carbons (Fsp3) is 0.381. The molecule has 0 atom stereocenters. The summed E-state index contributed by atoms with van der Waals surface area (Å²) in [5, 5.41) is 1.97. The minimum absolute atomic E-state index is 0.430. The molecule has 153 valence electrons. The first kappa shape index (κ1) is 24.4. The Bertz CT molecular complexity index is 692. The second kappa shape index (κ2) is 12.7. The van der Waals surface area contributed by atoms with Gasteiger partial charge in [0.2, 0.25) is 0 Å². The van der Waals surface area contributed by atoms with Gasteiger partial charge in [0.1, 0.15) is 5.84 Å². The molecule has 6 heteroatoms. The molecule has 0 saturated heterocycles. The van der Waals surface area contributed by atoms with Gasteiger partial charge in [0.05, 0.1) is 5.69 Å². The van der Waals surface area contributed by atoms with E-state index in [0.29, 0.717) is 11.8 Å². The van der Waals surface area contributed by atoms with Gasteiger partial charge in [-0.15, -0.1) is 0 Å². The Morgan fingerprint density at radius 3 is 1.81 bits per heavy atom. The minimum atomic E-state index is 0.430. The van der Waals surface area contributed by atoms with Crippen molar-refractivity contribution in [1.82, 2.24) is 10.4 Å². The van der Waals surface area contributed by atoms with Crippen LogP contribution in [-0.2, 0) is 10.9 Å². The molecule has 0 aromatic heterocycles. The van der Waals surface area contributed by atoms with E-state index < -0.39 is 0 Å². The Hall–Kier alpha value is -0.676. The molecule has 0 amide bonds. The molecule has 0 aliphatic rings. The molecule has 0 heterocycles. The van der Waals surface area contributed by atoms with Crippen molar-refractivity contribution in [2.24, 2.45) is 4.99 Å². The van der Waals surface area contributed by atoms with Crippen LogP contribution < -0.4 is 5.43 Å². The Kier molecular flexibility index (Phi) is 11.5. The summed E-state index contributed by atoms with van der Waals surface area (Å²) >= 11 is 6.00. The van der Waals surface area contributed by atoms with Crippen molar-refractivity contribution in [3.05, 3.63) is 65.2 Å². The van der Waals surface area contributed by atoms with Gasteiger partial charge in [-0.25, -0.2) is 10.4 Å². The normalized spacial score (nSPS) is 11.6. The van der Waals surface area contributed by atoms with Crippen LogP contribution in [0.1, 0.15) is 56.2 Å². The Morgan fingerprint density at radius 1 is 0.926 bits per heavy atom. The summed E-state index contributed by atoms with van der Waals surface area (Å²) in [6.07, 6.45) is 0. The third kappa shape index (κ3) is 7.34. The fourth-order valence-electron chi connectivity index (χ4n) is 2.77.